The molecule has 2 N–H and O–H groups in total. The number of nitrogens with zero attached hydrogens (tertiary/aromatic N) is 1. The Bertz CT molecular complexity index is 574. The summed E-state index contributed by atoms with van der Waals surface area (Å²) >= 11 is 0. The fraction of sp³-hybridized carbons (Fsp3) is 0.650. The van der Waals surface area contributed by atoms with E-state index >= 15 is 0 Å². The Hall–Kier alpha value is -1.83. The van der Waals surface area contributed by atoms with Crippen molar-refractivity contribution in [1.29, 1.82) is 0 Å². The zero-order valence-electron chi connectivity index (χ0n) is 16.8. The zero-order valence-corrected chi connectivity index (χ0v) is 16.8. The van der Waals surface area contributed by atoms with Crippen LogP contribution in [0.4, 0.5) is 0 Å². The number of benzene rings is 1. The van der Waals surface area contributed by atoms with Gasteiger partial charge in [0, 0.05) is 45.8 Å². The molecule has 0 radical (unpaired) electrons. The molecule has 0 bridgehead atoms. The summed E-state index contributed by atoms with van der Waals surface area (Å²) in [5, 5.41) is 6.65. The molecule has 0 spiro atoms. The lowest BCUT2D eigenvalue weighted by atomic mass is 10.1. The first-order chi connectivity index (χ1) is 13.2. The van der Waals surface area contributed by atoms with E-state index in [1.54, 1.807) is 14.2 Å². The van der Waals surface area contributed by atoms with E-state index in [9.17, 15) is 0 Å². The Morgan fingerprint density at radius 3 is 2.89 bits per heavy atom. The van der Waals surface area contributed by atoms with E-state index in [1.807, 2.05) is 0 Å². The number of rotatable bonds is 11. The number of ether oxygens (including phenoxy) is 4. The van der Waals surface area contributed by atoms with E-state index in [0.717, 1.165) is 43.3 Å². The maximum absolute atomic E-state index is 6.15. The van der Waals surface area contributed by atoms with E-state index in [2.05, 4.69) is 40.7 Å². The maximum atomic E-state index is 6.15. The van der Waals surface area contributed by atoms with Crippen LogP contribution in [0.2, 0.25) is 0 Å². The average molecular weight is 380 g/mol. The molecule has 152 valence electrons. The molecule has 1 saturated heterocycles. The largest absolute Gasteiger partial charge is 0.488 e. The molecule has 2 rings (SSSR count). The molecule has 0 aliphatic carbocycles. The average Bonchev–Trinajstić information content (AvgIpc) is 3.18. The Morgan fingerprint density at radius 2 is 2.15 bits per heavy atom. The van der Waals surface area contributed by atoms with Gasteiger partial charge in [0.2, 0.25) is 0 Å². The van der Waals surface area contributed by atoms with Crippen molar-refractivity contribution >= 4 is 5.96 Å². The number of guanidine groups is 1. The Balaban J connectivity index is 1.76. The Morgan fingerprint density at radius 1 is 1.26 bits per heavy atom. The van der Waals surface area contributed by atoms with Gasteiger partial charge in [0.05, 0.1) is 26.4 Å². The van der Waals surface area contributed by atoms with Gasteiger partial charge in [-0.1, -0.05) is 12.1 Å². The highest BCUT2D eigenvalue weighted by atomic mass is 16.5. The molecule has 1 unspecified atom stereocenters. The van der Waals surface area contributed by atoms with E-state index in [-0.39, 0.29) is 6.10 Å². The van der Waals surface area contributed by atoms with Crippen molar-refractivity contribution in [1.82, 2.24) is 10.6 Å². The van der Waals surface area contributed by atoms with Crippen molar-refractivity contribution in [2.75, 3.05) is 53.7 Å². The zero-order chi connectivity index (χ0) is 19.3. The third-order valence-electron chi connectivity index (χ3n) is 4.26. The molecule has 1 heterocycles. The fourth-order valence-corrected chi connectivity index (χ4v) is 2.73. The summed E-state index contributed by atoms with van der Waals surface area (Å²) < 4.78 is 22.0. The molecule has 1 aromatic rings. The van der Waals surface area contributed by atoms with Crippen LogP contribution in [-0.2, 0) is 20.8 Å². The normalized spacial score (nSPS) is 17.1. The van der Waals surface area contributed by atoms with Gasteiger partial charge in [-0.25, -0.2) is 0 Å². The van der Waals surface area contributed by atoms with Gasteiger partial charge < -0.3 is 29.6 Å². The first kappa shape index (κ1) is 21.5. The van der Waals surface area contributed by atoms with Gasteiger partial charge in [0.15, 0.2) is 5.96 Å². The van der Waals surface area contributed by atoms with Crippen LogP contribution in [0.25, 0.3) is 0 Å². The topological polar surface area (TPSA) is 73.3 Å². The number of aryl methyl sites for hydroxylation is 1. The number of hydrogen-bond acceptors (Lipinski definition) is 5. The molecular weight excluding hydrogens is 346 g/mol. The smallest absolute Gasteiger partial charge is 0.191 e. The summed E-state index contributed by atoms with van der Waals surface area (Å²) in [4.78, 5) is 4.27. The summed E-state index contributed by atoms with van der Waals surface area (Å²) in [7, 11) is 3.44. The first-order valence-electron chi connectivity index (χ1n) is 9.58. The van der Waals surface area contributed by atoms with Gasteiger partial charge in [0.1, 0.15) is 11.9 Å². The van der Waals surface area contributed by atoms with Crippen LogP contribution in [0.15, 0.2) is 23.2 Å². The van der Waals surface area contributed by atoms with Crippen molar-refractivity contribution in [2.45, 2.75) is 32.4 Å². The van der Waals surface area contributed by atoms with Gasteiger partial charge in [0.25, 0.3) is 0 Å². The predicted octanol–water partition coefficient (Wildman–Crippen LogP) is 1.88. The monoisotopic (exact) mass is 379 g/mol. The molecule has 7 heteroatoms. The molecule has 1 aromatic carbocycles. The Labute approximate surface area is 162 Å². The summed E-state index contributed by atoms with van der Waals surface area (Å²) in [6.07, 6.45) is 1.99. The molecule has 0 saturated carbocycles. The summed E-state index contributed by atoms with van der Waals surface area (Å²) in [6, 6.07) is 6.29. The van der Waals surface area contributed by atoms with Crippen molar-refractivity contribution in [2.24, 2.45) is 4.99 Å². The maximum Gasteiger partial charge on any atom is 0.191 e. The van der Waals surface area contributed by atoms with Crippen molar-refractivity contribution < 1.29 is 18.9 Å². The highest BCUT2D eigenvalue weighted by Crippen LogP contribution is 2.23. The lowest BCUT2D eigenvalue weighted by molar-refractivity contribution is 0.0698. The van der Waals surface area contributed by atoms with Crippen LogP contribution in [0.3, 0.4) is 0 Å². The van der Waals surface area contributed by atoms with Gasteiger partial charge >= 0.3 is 0 Å². The second-order valence-electron chi connectivity index (χ2n) is 6.53. The number of nitrogens with one attached hydrogen (secondary N) is 2. The second kappa shape index (κ2) is 12.5. The van der Waals surface area contributed by atoms with E-state index < -0.39 is 0 Å². The molecule has 27 heavy (non-hydrogen) atoms. The van der Waals surface area contributed by atoms with Crippen molar-refractivity contribution in [3.63, 3.8) is 0 Å². The van der Waals surface area contributed by atoms with Crippen LogP contribution >= 0.6 is 0 Å². The third-order valence-corrected chi connectivity index (χ3v) is 4.26. The van der Waals surface area contributed by atoms with Gasteiger partial charge in [-0.05, 0) is 25.0 Å². The van der Waals surface area contributed by atoms with Gasteiger partial charge in [-0.15, -0.1) is 0 Å². The molecule has 0 aromatic heterocycles. The minimum Gasteiger partial charge on any atom is -0.488 e. The standard InChI is InChI=1S/C20H33N3O4/c1-16-5-6-17(19(13-16)27-18-7-10-26-15-18)14-23-20(21-2)22-8-4-9-25-12-11-24-3/h5-6,13,18H,4,7-12,14-15H2,1-3H3,(H2,21,22,23). The summed E-state index contributed by atoms with van der Waals surface area (Å²) in [5.41, 5.74) is 2.29. The van der Waals surface area contributed by atoms with Crippen LogP contribution in [0.1, 0.15) is 24.0 Å². The van der Waals surface area contributed by atoms with Gasteiger partial charge in [-0.2, -0.15) is 0 Å². The molecular formula is C20H33N3O4. The first-order valence-corrected chi connectivity index (χ1v) is 9.58. The molecule has 1 aliphatic heterocycles. The molecule has 7 nitrogen and oxygen atoms in total. The SMILES string of the molecule is CN=C(NCCCOCCOC)NCc1ccc(C)cc1OC1CCOC1. The van der Waals surface area contributed by atoms with Crippen LogP contribution < -0.4 is 15.4 Å². The lowest BCUT2D eigenvalue weighted by Gasteiger charge is -2.18. The third kappa shape index (κ3) is 8.15. The van der Waals surface area contributed by atoms with Crippen LogP contribution in [0.5, 0.6) is 5.75 Å². The summed E-state index contributed by atoms with van der Waals surface area (Å²) in [6.45, 7) is 6.91. The van der Waals surface area contributed by atoms with Crippen molar-refractivity contribution in [3.8, 4) is 5.75 Å². The van der Waals surface area contributed by atoms with Gasteiger partial charge in [-0.3, -0.25) is 4.99 Å². The minimum absolute atomic E-state index is 0.140. The van der Waals surface area contributed by atoms with Crippen molar-refractivity contribution in [3.05, 3.63) is 29.3 Å². The lowest BCUT2D eigenvalue weighted by Crippen LogP contribution is -2.37. The number of methoxy groups -OCH3 is 1. The molecule has 1 atom stereocenters. The minimum atomic E-state index is 0.140. The fourth-order valence-electron chi connectivity index (χ4n) is 2.73. The highest BCUT2D eigenvalue weighted by molar-refractivity contribution is 5.79. The van der Waals surface area contributed by atoms with Crippen LogP contribution in [0, 0.1) is 6.92 Å². The second-order valence-corrected chi connectivity index (χ2v) is 6.53. The summed E-state index contributed by atoms with van der Waals surface area (Å²) in [5.74, 6) is 1.68. The Kier molecular flexibility index (Phi) is 9.97. The number of aliphatic imine (C=N–C) groups is 1. The number of hydrogen-bond donors (Lipinski definition) is 2. The van der Waals surface area contributed by atoms with E-state index in [4.69, 9.17) is 18.9 Å². The molecule has 1 fully saturated rings. The molecule has 0 amide bonds. The quantitative estimate of drug-likeness (QED) is 0.347. The molecule has 1 aliphatic rings. The van der Waals surface area contributed by atoms with Crippen LogP contribution in [-0.4, -0.2) is 65.8 Å². The highest BCUT2D eigenvalue weighted by Gasteiger charge is 2.18. The van der Waals surface area contributed by atoms with E-state index in [0.29, 0.717) is 33.0 Å². The van der Waals surface area contributed by atoms with E-state index in [1.165, 1.54) is 5.56 Å². The predicted molar refractivity (Wildman–Crippen MR) is 107 cm³/mol.